The van der Waals surface area contributed by atoms with Crippen molar-refractivity contribution in [1.82, 2.24) is 9.78 Å². The van der Waals surface area contributed by atoms with Gasteiger partial charge in [-0.25, -0.2) is 4.68 Å². The molecule has 0 saturated carbocycles. The van der Waals surface area contributed by atoms with Crippen molar-refractivity contribution in [1.29, 1.82) is 0 Å². The average molecular weight is 210 g/mol. The van der Waals surface area contributed by atoms with Crippen LogP contribution in [-0.4, -0.2) is 9.78 Å². The molecule has 1 aromatic carbocycles. The number of allylic oxidation sites excluding steroid dienone is 3. The Hall–Kier alpha value is -2.09. The highest BCUT2D eigenvalue weighted by Gasteiger charge is 1.84. The van der Waals surface area contributed by atoms with Gasteiger partial charge < -0.3 is 0 Å². The number of nitrogens with zero attached hydrogens (tertiary/aromatic N) is 2. The molecule has 80 valence electrons. The fourth-order valence-electron chi connectivity index (χ4n) is 1.40. The Morgan fingerprint density at radius 3 is 2.69 bits per heavy atom. The molecule has 0 saturated heterocycles. The number of hydrogen-bond donors (Lipinski definition) is 0. The van der Waals surface area contributed by atoms with Crippen molar-refractivity contribution >= 4 is 6.20 Å². The summed E-state index contributed by atoms with van der Waals surface area (Å²) in [7, 11) is 0. The van der Waals surface area contributed by atoms with Gasteiger partial charge in [-0.2, -0.15) is 5.10 Å². The lowest BCUT2D eigenvalue weighted by Gasteiger charge is -1.92. The van der Waals surface area contributed by atoms with Crippen molar-refractivity contribution in [3.05, 3.63) is 72.6 Å². The number of aromatic nitrogens is 2. The summed E-state index contributed by atoms with van der Waals surface area (Å²) in [6.07, 6.45) is 12.7. The minimum atomic E-state index is 0.963. The van der Waals surface area contributed by atoms with E-state index in [0.29, 0.717) is 0 Å². The Bertz CT molecular complexity index is 453. The molecule has 0 atom stereocenters. The van der Waals surface area contributed by atoms with Crippen molar-refractivity contribution in [3.8, 4) is 0 Å². The summed E-state index contributed by atoms with van der Waals surface area (Å²) in [5.41, 5.74) is 1.33. The van der Waals surface area contributed by atoms with Gasteiger partial charge in [0.15, 0.2) is 0 Å². The van der Waals surface area contributed by atoms with Gasteiger partial charge in [0.1, 0.15) is 0 Å². The van der Waals surface area contributed by atoms with Gasteiger partial charge in [-0.05, 0) is 24.1 Å². The molecule has 16 heavy (non-hydrogen) atoms. The lowest BCUT2D eigenvalue weighted by Crippen LogP contribution is -1.83. The van der Waals surface area contributed by atoms with Crippen molar-refractivity contribution < 1.29 is 0 Å². The van der Waals surface area contributed by atoms with Crippen molar-refractivity contribution in [2.24, 2.45) is 0 Å². The summed E-state index contributed by atoms with van der Waals surface area (Å²) in [4.78, 5) is 0. The van der Waals surface area contributed by atoms with Gasteiger partial charge in [-0.15, -0.1) is 0 Å². The van der Waals surface area contributed by atoms with Gasteiger partial charge in [-0.3, -0.25) is 0 Å². The van der Waals surface area contributed by atoms with Crippen LogP contribution in [-0.2, 0) is 6.42 Å². The minimum absolute atomic E-state index is 0.963. The van der Waals surface area contributed by atoms with Crippen LogP contribution in [0.15, 0.2) is 67.0 Å². The maximum atomic E-state index is 4.07. The normalized spacial score (nSPS) is 11.5. The van der Waals surface area contributed by atoms with Gasteiger partial charge in [0.2, 0.25) is 0 Å². The third kappa shape index (κ3) is 3.24. The smallest absolute Gasteiger partial charge is 0.0493 e. The fraction of sp³-hybridized carbons (Fsp3) is 0.0714. The Balaban J connectivity index is 1.83. The van der Waals surface area contributed by atoms with E-state index in [1.54, 1.807) is 10.9 Å². The summed E-state index contributed by atoms with van der Waals surface area (Å²) in [5.74, 6) is 0. The topological polar surface area (TPSA) is 17.8 Å². The lowest BCUT2D eigenvalue weighted by molar-refractivity contribution is 0.935. The monoisotopic (exact) mass is 210 g/mol. The van der Waals surface area contributed by atoms with Gasteiger partial charge in [-0.1, -0.05) is 42.5 Å². The molecule has 2 rings (SSSR count). The van der Waals surface area contributed by atoms with Gasteiger partial charge in [0.05, 0.1) is 0 Å². The molecular formula is C14H14N2. The van der Waals surface area contributed by atoms with Crippen molar-refractivity contribution in [2.75, 3.05) is 0 Å². The van der Waals surface area contributed by atoms with E-state index in [9.17, 15) is 0 Å². The van der Waals surface area contributed by atoms with E-state index in [1.165, 1.54) is 5.56 Å². The molecule has 0 N–H and O–H groups in total. The van der Waals surface area contributed by atoms with Crippen LogP contribution >= 0.6 is 0 Å². The molecule has 0 bridgehead atoms. The quantitative estimate of drug-likeness (QED) is 0.709. The minimum Gasteiger partial charge on any atom is -0.248 e. The molecule has 0 aliphatic rings. The van der Waals surface area contributed by atoms with E-state index in [-0.39, 0.29) is 0 Å². The first-order valence-electron chi connectivity index (χ1n) is 5.31. The number of hydrogen-bond acceptors (Lipinski definition) is 1. The van der Waals surface area contributed by atoms with E-state index >= 15 is 0 Å². The molecular weight excluding hydrogens is 196 g/mol. The largest absolute Gasteiger partial charge is 0.248 e. The Morgan fingerprint density at radius 1 is 1.06 bits per heavy atom. The Labute approximate surface area is 95.5 Å². The summed E-state index contributed by atoms with van der Waals surface area (Å²) in [5, 5.41) is 4.07. The first-order chi connectivity index (χ1) is 7.95. The van der Waals surface area contributed by atoms with E-state index in [2.05, 4.69) is 35.4 Å². The zero-order chi connectivity index (χ0) is 11.1. The van der Waals surface area contributed by atoms with Crippen LogP contribution in [0.25, 0.3) is 6.20 Å². The molecule has 1 heterocycles. The molecule has 2 aromatic rings. The predicted octanol–water partition coefficient (Wildman–Crippen LogP) is 3.15. The molecule has 0 spiro atoms. The second-order valence-electron chi connectivity index (χ2n) is 3.45. The molecule has 0 fully saturated rings. The lowest BCUT2D eigenvalue weighted by atomic mass is 10.1. The standard InChI is InChI=1S/C14H14N2/c1-3-8-14(9-4-1)10-5-2-6-12-16-13-7-11-15-16/h1-9,11-13H,10H2/b5-2+,12-6-. The highest BCUT2D eigenvalue weighted by molar-refractivity contribution is 5.27. The molecule has 2 nitrogen and oxygen atoms in total. The number of benzene rings is 1. The number of rotatable bonds is 4. The molecule has 0 aliphatic heterocycles. The maximum absolute atomic E-state index is 4.07. The molecule has 0 aliphatic carbocycles. The summed E-state index contributed by atoms with van der Waals surface area (Å²) in [6, 6.07) is 12.3. The summed E-state index contributed by atoms with van der Waals surface area (Å²) in [6.45, 7) is 0. The van der Waals surface area contributed by atoms with Crippen LogP contribution in [0.3, 0.4) is 0 Å². The third-order valence-electron chi connectivity index (χ3n) is 2.21. The molecule has 2 heteroatoms. The maximum Gasteiger partial charge on any atom is 0.0493 e. The van der Waals surface area contributed by atoms with Gasteiger partial charge >= 0.3 is 0 Å². The second-order valence-corrected chi connectivity index (χ2v) is 3.45. The van der Waals surface area contributed by atoms with E-state index in [4.69, 9.17) is 0 Å². The van der Waals surface area contributed by atoms with E-state index in [0.717, 1.165) is 6.42 Å². The Morgan fingerprint density at radius 2 is 1.94 bits per heavy atom. The van der Waals surface area contributed by atoms with Gasteiger partial charge in [0.25, 0.3) is 0 Å². The van der Waals surface area contributed by atoms with Crippen LogP contribution in [0, 0.1) is 0 Å². The molecule has 1 aromatic heterocycles. The summed E-state index contributed by atoms with van der Waals surface area (Å²) >= 11 is 0. The van der Waals surface area contributed by atoms with Crippen molar-refractivity contribution in [2.45, 2.75) is 6.42 Å². The Kier molecular flexibility index (Phi) is 3.72. The molecule has 0 unspecified atom stereocenters. The zero-order valence-electron chi connectivity index (χ0n) is 9.03. The van der Waals surface area contributed by atoms with Crippen LogP contribution in [0.5, 0.6) is 0 Å². The van der Waals surface area contributed by atoms with Crippen LogP contribution < -0.4 is 0 Å². The SMILES string of the molecule is C(=C/n1cccn1)/C=C/Cc1ccccc1. The van der Waals surface area contributed by atoms with Crippen LogP contribution in [0.1, 0.15) is 5.56 Å². The summed E-state index contributed by atoms with van der Waals surface area (Å²) < 4.78 is 1.77. The molecule has 0 amide bonds. The highest BCUT2D eigenvalue weighted by Crippen LogP contribution is 2.00. The van der Waals surface area contributed by atoms with Crippen LogP contribution in [0.2, 0.25) is 0 Å². The fourth-order valence-corrected chi connectivity index (χ4v) is 1.40. The first-order valence-corrected chi connectivity index (χ1v) is 5.31. The molecule has 0 radical (unpaired) electrons. The predicted molar refractivity (Wildman–Crippen MR) is 66.8 cm³/mol. The van der Waals surface area contributed by atoms with Crippen molar-refractivity contribution in [3.63, 3.8) is 0 Å². The zero-order valence-corrected chi connectivity index (χ0v) is 9.03. The third-order valence-corrected chi connectivity index (χ3v) is 2.21. The van der Waals surface area contributed by atoms with Gasteiger partial charge in [0, 0.05) is 18.6 Å². The van der Waals surface area contributed by atoms with E-state index < -0.39 is 0 Å². The second kappa shape index (κ2) is 5.71. The average Bonchev–Trinajstić information content (AvgIpc) is 2.83. The van der Waals surface area contributed by atoms with E-state index in [1.807, 2.05) is 36.7 Å². The first kappa shape index (κ1) is 10.4. The highest BCUT2D eigenvalue weighted by atomic mass is 15.2. The van der Waals surface area contributed by atoms with Crippen LogP contribution in [0.4, 0.5) is 0 Å².